The third-order valence-electron chi connectivity index (χ3n) is 10.7. The van der Waals surface area contributed by atoms with Crippen molar-refractivity contribution in [3.05, 3.63) is 90.1 Å². The summed E-state index contributed by atoms with van der Waals surface area (Å²) in [6.07, 6.45) is -3.85. The first kappa shape index (κ1) is 55.1. The van der Waals surface area contributed by atoms with Crippen LogP contribution < -0.4 is 26.7 Å². The molecule has 368 valence electrons. The molecule has 0 saturated carbocycles. The number of amides is 4. The third kappa shape index (κ3) is 17.8. The van der Waals surface area contributed by atoms with E-state index in [1.54, 1.807) is 68.6 Å². The number of alkyl carbamates (subject to hydrolysis) is 2. The number of esters is 1. The standard InChI is InChI=1S/C49H71N7O11/c1-30(2)38(50-11)43(59)66-44(31(3)4)67-47(62)65-37(36(27-32-19-15-14-16-20-32)52-41(57)39(48(5,6)7)53-45(60)63-12)29-56(55-42(58)40(49(8,9)10)54-46(61)64-13)28-33-22-24-34(25-23-33)35-21-17-18-26-51-35/h14-26,30-31,36-40,44,50H,27-29H2,1-13H3,(H,52,57)(H,53,60)(H,54,61)(H,55,58)/t36-,37-,38-,39+,40+,44?/m0/s1. The second-order valence-electron chi connectivity index (χ2n) is 19.0. The molecule has 0 fully saturated rings. The van der Waals surface area contributed by atoms with Gasteiger partial charge in [0.05, 0.1) is 32.5 Å². The van der Waals surface area contributed by atoms with E-state index in [1.165, 1.54) is 19.2 Å². The first-order valence-corrected chi connectivity index (χ1v) is 22.3. The highest BCUT2D eigenvalue weighted by Gasteiger charge is 2.40. The molecule has 18 nitrogen and oxygen atoms in total. The zero-order valence-electron chi connectivity index (χ0n) is 41.1. The van der Waals surface area contributed by atoms with Gasteiger partial charge in [0.15, 0.2) is 0 Å². The van der Waals surface area contributed by atoms with Crippen LogP contribution in [0.1, 0.15) is 80.4 Å². The van der Waals surface area contributed by atoms with E-state index in [1.807, 2.05) is 86.6 Å². The van der Waals surface area contributed by atoms with Crippen molar-refractivity contribution in [1.29, 1.82) is 0 Å². The number of rotatable bonds is 21. The smallest absolute Gasteiger partial charge is 0.453 e. The van der Waals surface area contributed by atoms with Crippen LogP contribution in [0.3, 0.4) is 0 Å². The number of hydrazine groups is 1. The van der Waals surface area contributed by atoms with Gasteiger partial charge in [0.2, 0.25) is 5.91 Å². The Kier molecular flexibility index (Phi) is 21.0. The predicted molar refractivity (Wildman–Crippen MR) is 252 cm³/mol. The Morgan fingerprint density at radius 1 is 0.657 bits per heavy atom. The lowest BCUT2D eigenvalue weighted by Gasteiger charge is -2.37. The molecule has 67 heavy (non-hydrogen) atoms. The SMILES string of the molecule is CN[C@H](C(=O)OC(OC(=O)O[C@@H](CN(Cc1ccc(-c2ccccn2)cc1)NC(=O)[C@@H](NC(=O)OC)C(C)(C)C)[C@H](Cc1ccccc1)NC(=O)[C@@H](NC(=O)OC)C(C)(C)C)C(C)C)C(C)C. The number of likely N-dealkylation sites (N-methyl/N-ethyl adjacent to an activating group) is 1. The number of carbonyl (C=O) groups excluding carboxylic acids is 6. The quantitative estimate of drug-likeness (QED) is 0.0350. The number of hydrogen-bond donors (Lipinski definition) is 5. The highest BCUT2D eigenvalue weighted by atomic mass is 16.8. The fourth-order valence-corrected chi connectivity index (χ4v) is 6.94. The summed E-state index contributed by atoms with van der Waals surface area (Å²) in [5.74, 6) is -2.56. The van der Waals surface area contributed by atoms with Crippen molar-refractivity contribution >= 4 is 36.1 Å². The van der Waals surface area contributed by atoms with Crippen LogP contribution in [0.2, 0.25) is 0 Å². The van der Waals surface area contributed by atoms with Gasteiger partial charge in [-0.1, -0.05) is 130 Å². The van der Waals surface area contributed by atoms with Crippen molar-refractivity contribution in [2.24, 2.45) is 22.7 Å². The molecule has 0 radical (unpaired) electrons. The Labute approximate surface area is 394 Å². The Bertz CT molecular complexity index is 2060. The van der Waals surface area contributed by atoms with E-state index < -0.39 is 89.4 Å². The summed E-state index contributed by atoms with van der Waals surface area (Å²) in [7, 11) is 4.00. The van der Waals surface area contributed by atoms with Crippen molar-refractivity contribution in [2.75, 3.05) is 27.8 Å². The fraction of sp³-hybridized carbons (Fsp3) is 0.531. The molecule has 0 aliphatic rings. The first-order valence-electron chi connectivity index (χ1n) is 22.3. The number of nitrogens with one attached hydrogen (secondary N) is 5. The maximum absolute atomic E-state index is 14.4. The summed E-state index contributed by atoms with van der Waals surface area (Å²) < 4.78 is 27.4. The van der Waals surface area contributed by atoms with E-state index in [4.69, 9.17) is 23.7 Å². The predicted octanol–water partition coefficient (Wildman–Crippen LogP) is 6.14. The summed E-state index contributed by atoms with van der Waals surface area (Å²) in [5, 5.41) is 12.7. The number of methoxy groups -OCH3 is 2. The molecule has 6 atom stereocenters. The molecule has 5 N–H and O–H groups in total. The van der Waals surface area contributed by atoms with Crippen LogP contribution in [0.4, 0.5) is 14.4 Å². The largest absolute Gasteiger partial charge is 0.511 e. The Balaban J connectivity index is 2.22. The van der Waals surface area contributed by atoms with E-state index >= 15 is 0 Å². The van der Waals surface area contributed by atoms with Gasteiger partial charge in [0.1, 0.15) is 24.2 Å². The number of carbonyl (C=O) groups is 6. The van der Waals surface area contributed by atoms with Crippen molar-refractivity contribution in [3.8, 4) is 11.3 Å². The van der Waals surface area contributed by atoms with E-state index in [0.717, 1.165) is 16.8 Å². The molecule has 1 unspecified atom stereocenters. The number of ether oxygens (including phenoxy) is 5. The average molecular weight is 934 g/mol. The van der Waals surface area contributed by atoms with Gasteiger partial charge in [0.25, 0.3) is 12.2 Å². The molecule has 0 saturated heterocycles. The zero-order valence-corrected chi connectivity index (χ0v) is 41.1. The van der Waals surface area contributed by atoms with Crippen molar-refractivity contribution in [2.45, 2.75) is 119 Å². The Hall–Kier alpha value is -6.27. The topological polar surface area (TPSA) is 225 Å². The third-order valence-corrected chi connectivity index (χ3v) is 10.7. The lowest BCUT2D eigenvalue weighted by Crippen LogP contribution is -2.61. The number of nitrogens with zero attached hydrogens (tertiary/aromatic N) is 2. The van der Waals surface area contributed by atoms with Crippen LogP contribution in [0.15, 0.2) is 79.0 Å². The molecule has 0 aliphatic carbocycles. The lowest BCUT2D eigenvalue weighted by molar-refractivity contribution is -0.184. The van der Waals surface area contributed by atoms with Gasteiger partial charge in [-0.05, 0) is 53.5 Å². The highest BCUT2D eigenvalue weighted by molar-refractivity contribution is 5.87. The van der Waals surface area contributed by atoms with Gasteiger partial charge in [-0.3, -0.25) is 24.8 Å². The monoisotopic (exact) mass is 934 g/mol. The van der Waals surface area contributed by atoms with E-state index in [9.17, 15) is 28.8 Å². The van der Waals surface area contributed by atoms with Gasteiger partial charge in [0, 0.05) is 24.2 Å². The van der Waals surface area contributed by atoms with Gasteiger partial charge < -0.3 is 45.0 Å². The van der Waals surface area contributed by atoms with E-state index in [-0.39, 0.29) is 25.4 Å². The summed E-state index contributed by atoms with van der Waals surface area (Å²) in [6, 6.07) is 18.1. The number of pyridine rings is 1. The maximum atomic E-state index is 14.4. The van der Waals surface area contributed by atoms with Crippen LogP contribution >= 0.6 is 0 Å². The summed E-state index contributed by atoms with van der Waals surface area (Å²) in [6.45, 7) is 17.4. The van der Waals surface area contributed by atoms with Crippen LogP contribution in [-0.4, -0.2) is 110 Å². The number of hydrogen-bond acceptors (Lipinski definition) is 14. The molecule has 18 heteroatoms. The fourth-order valence-electron chi connectivity index (χ4n) is 6.94. The molecular weight excluding hydrogens is 863 g/mol. The van der Waals surface area contributed by atoms with Crippen LogP contribution in [0.25, 0.3) is 11.3 Å². The molecule has 1 heterocycles. The molecular formula is C49H71N7O11. The second-order valence-corrected chi connectivity index (χ2v) is 19.0. The maximum Gasteiger partial charge on any atom is 0.511 e. The molecule has 0 spiro atoms. The molecule has 1 aromatic heterocycles. The van der Waals surface area contributed by atoms with Gasteiger partial charge in [-0.25, -0.2) is 19.4 Å². The van der Waals surface area contributed by atoms with Gasteiger partial charge in [-0.2, -0.15) is 0 Å². The highest BCUT2D eigenvalue weighted by Crippen LogP contribution is 2.24. The van der Waals surface area contributed by atoms with Crippen LogP contribution in [0.5, 0.6) is 0 Å². The van der Waals surface area contributed by atoms with Crippen molar-refractivity contribution in [3.63, 3.8) is 0 Å². The lowest BCUT2D eigenvalue weighted by atomic mass is 9.85. The van der Waals surface area contributed by atoms with Crippen LogP contribution in [-0.2, 0) is 51.0 Å². The summed E-state index contributed by atoms with van der Waals surface area (Å²) in [5.41, 5.74) is 4.32. The zero-order chi connectivity index (χ0) is 50.1. The van der Waals surface area contributed by atoms with E-state index in [0.29, 0.717) is 5.56 Å². The molecule has 4 amide bonds. The molecule has 3 rings (SSSR count). The summed E-state index contributed by atoms with van der Waals surface area (Å²) >= 11 is 0. The second kappa shape index (κ2) is 25.6. The van der Waals surface area contributed by atoms with E-state index in [2.05, 4.69) is 31.7 Å². The molecule has 0 aliphatic heterocycles. The number of benzene rings is 2. The van der Waals surface area contributed by atoms with Gasteiger partial charge >= 0.3 is 24.3 Å². The minimum Gasteiger partial charge on any atom is -0.453 e. The van der Waals surface area contributed by atoms with Crippen molar-refractivity contribution in [1.82, 2.24) is 36.7 Å². The minimum atomic E-state index is -1.38. The van der Waals surface area contributed by atoms with Crippen LogP contribution in [0, 0.1) is 22.7 Å². The minimum absolute atomic E-state index is 0.0194. The molecule has 2 aromatic carbocycles. The molecule has 3 aromatic rings. The van der Waals surface area contributed by atoms with Crippen molar-refractivity contribution < 1.29 is 52.5 Å². The first-order chi connectivity index (χ1) is 31.5. The van der Waals surface area contributed by atoms with Gasteiger partial charge in [-0.15, -0.1) is 0 Å². The average Bonchev–Trinajstić information content (AvgIpc) is 3.26. The Morgan fingerprint density at radius 3 is 1.72 bits per heavy atom. The summed E-state index contributed by atoms with van der Waals surface area (Å²) in [4.78, 5) is 85.8. The Morgan fingerprint density at radius 2 is 1.22 bits per heavy atom. The number of aromatic nitrogens is 1. The molecule has 0 bridgehead atoms. The normalized spacial score (nSPS) is 14.4.